The first-order valence-corrected chi connectivity index (χ1v) is 8.53. The molecule has 1 fully saturated rings. The maximum atomic E-state index is 12.6. The number of benzene rings is 1. The van der Waals surface area contributed by atoms with Crippen molar-refractivity contribution in [3.8, 4) is 0 Å². The van der Waals surface area contributed by atoms with E-state index in [1.165, 1.54) is 18.5 Å². The standard InChI is InChI=1S/C14H21FN2O.C4H9NO2/c1-18-14(13(16)10-15)11-4-6-12(7-5-11)17-8-2-3-9-17;1-7-3-2-5-4-6/h4-7,13-14H,2-3,8-10,16H2,1H3;4H,2-3H2,1H3,(H,5,6). The minimum Gasteiger partial charge on any atom is -0.383 e. The van der Waals surface area contributed by atoms with Gasteiger partial charge in [-0.1, -0.05) is 12.1 Å². The van der Waals surface area contributed by atoms with Crippen LogP contribution < -0.4 is 16.0 Å². The lowest BCUT2D eigenvalue weighted by Gasteiger charge is -2.22. The fourth-order valence-electron chi connectivity index (χ4n) is 2.71. The number of carbonyl (C=O) groups is 1. The Kier molecular flexibility index (Phi) is 10.8. The van der Waals surface area contributed by atoms with Gasteiger partial charge in [0.25, 0.3) is 0 Å². The second-order valence-corrected chi connectivity index (χ2v) is 5.82. The van der Waals surface area contributed by atoms with E-state index in [-0.39, 0.29) is 6.10 Å². The van der Waals surface area contributed by atoms with Crippen LogP contribution in [-0.4, -0.2) is 59.6 Å². The number of anilines is 1. The second kappa shape index (κ2) is 12.6. The van der Waals surface area contributed by atoms with Crippen molar-refractivity contribution in [2.24, 2.45) is 5.73 Å². The van der Waals surface area contributed by atoms with Crippen LogP contribution in [0.25, 0.3) is 0 Å². The van der Waals surface area contributed by atoms with E-state index in [2.05, 4.69) is 27.1 Å². The fourth-order valence-corrected chi connectivity index (χ4v) is 2.71. The summed E-state index contributed by atoms with van der Waals surface area (Å²) >= 11 is 0. The van der Waals surface area contributed by atoms with Gasteiger partial charge in [-0.05, 0) is 30.5 Å². The van der Waals surface area contributed by atoms with Crippen LogP contribution >= 0.6 is 0 Å². The molecule has 25 heavy (non-hydrogen) atoms. The summed E-state index contributed by atoms with van der Waals surface area (Å²) in [7, 11) is 3.15. The highest BCUT2D eigenvalue weighted by atomic mass is 19.1. The molecule has 0 bridgehead atoms. The summed E-state index contributed by atoms with van der Waals surface area (Å²) in [6.07, 6.45) is 2.80. The third-order valence-corrected chi connectivity index (χ3v) is 4.05. The van der Waals surface area contributed by atoms with Gasteiger partial charge in [-0.3, -0.25) is 4.79 Å². The molecule has 3 N–H and O–H groups in total. The molecular weight excluding hydrogens is 325 g/mol. The number of alkyl halides is 1. The molecule has 1 aromatic rings. The Morgan fingerprint density at radius 2 is 1.92 bits per heavy atom. The van der Waals surface area contributed by atoms with E-state index < -0.39 is 12.7 Å². The van der Waals surface area contributed by atoms with Crippen LogP contribution in [0.1, 0.15) is 24.5 Å². The monoisotopic (exact) mass is 355 g/mol. The zero-order valence-corrected chi connectivity index (χ0v) is 15.1. The number of nitrogens with one attached hydrogen (secondary N) is 1. The van der Waals surface area contributed by atoms with Crippen LogP contribution in [0.5, 0.6) is 0 Å². The third-order valence-electron chi connectivity index (χ3n) is 4.05. The molecule has 2 unspecified atom stereocenters. The largest absolute Gasteiger partial charge is 0.383 e. The van der Waals surface area contributed by atoms with Crippen molar-refractivity contribution in [3.05, 3.63) is 29.8 Å². The third kappa shape index (κ3) is 7.37. The number of carbonyl (C=O) groups excluding carboxylic acids is 1. The lowest BCUT2D eigenvalue weighted by molar-refractivity contribution is -0.109. The van der Waals surface area contributed by atoms with Crippen LogP contribution in [0.2, 0.25) is 0 Å². The summed E-state index contributed by atoms with van der Waals surface area (Å²) in [6.45, 7) is 2.85. The van der Waals surface area contributed by atoms with Gasteiger partial charge >= 0.3 is 0 Å². The molecule has 1 aliphatic rings. The van der Waals surface area contributed by atoms with Crippen molar-refractivity contribution in [2.45, 2.75) is 25.0 Å². The van der Waals surface area contributed by atoms with Gasteiger partial charge in [-0.15, -0.1) is 0 Å². The Bertz CT molecular complexity index is 467. The zero-order chi connectivity index (χ0) is 18.5. The van der Waals surface area contributed by atoms with Crippen LogP contribution in [0, 0.1) is 0 Å². The molecule has 1 aromatic carbocycles. The van der Waals surface area contributed by atoms with Gasteiger partial charge < -0.3 is 25.4 Å². The SMILES string of the molecule is COC(c1ccc(N2CCCC2)cc1)C(N)CF.COCCNC=O. The van der Waals surface area contributed by atoms with Gasteiger partial charge in [0.15, 0.2) is 0 Å². The lowest BCUT2D eigenvalue weighted by atomic mass is 10.0. The molecule has 142 valence electrons. The molecule has 0 aliphatic carbocycles. The molecule has 7 heteroatoms. The normalized spacial score (nSPS) is 15.9. The maximum Gasteiger partial charge on any atom is 0.207 e. The highest BCUT2D eigenvalue weighted by Gasteiger charge is 2.20. The van der Waals surface area contributed by atoms with Gasteiger partial charge in [0, 0.05) is 39.5 Å². The van der Waals surface area contributed by atoms with Crippen LogP contribution in [0.15, 0.2) is 24.3 Å². The van der Waals surface area contributed by atoms with Gasteiger partial charge in [-0.2, -0.15) is 0 Å². The molecule has 2 atom stereocenters. The molecular formula is C18H30FN3O3. The van der Waals surface area contributed by atoms with E-state index in [1.54, 1.807) is 14.2 Å². The number of hydrogen-bond acceptors (Lipinski definition) is 5. The van der Waals surface area contributed by atoms with Crippen molar-refractivity contribution in [1.29, 1.82) is 0 Å². The summed E-state index contributed by atoms with van der Waals surface area (Å²) in [6, 6.07) is 7.50. The number of ether oxygens (including phenoxy) is 2. The van der Waals surface area contributed by atoms with Crippen molar-refractivity contribution in [3.63, 3.8) is 0 Å². The Hall–Kier alpha value is -1.70. The lowest BCUT2D eigenvalue weighted by Crippen LogP contribution is -2.31. The molecule has 2 rings (SSSR count). The first-order chi connectivity index (χ1) is 12.2. The zero-order valence-electron chi connectivity index (χ0n) is 15.1. The van der Waals surface area contributed by atoms with Gasteiger partial charge in [0.1, 0.15) is 6.67 Å². The van der Waals surface area contributed by atoms with Crippen molar-refractivity contribution < 1.29 is 18.7 Å². The number of hydrogen-bond donors (Lipinski definition) is 2. The van der Waals surface area contributed by atoms with Crippen molar-refractivity contribution >= 4 is 12.1 Å². The van der Waals surface area contributed by atoms with E-state index in [0.717, 1.165) is 18.7 Å². The molecule has 1 amide bonds. The van der Waals surface area contributed by atoms with E-state index in [0.29, 0.717) is 19.6 Å². The average Bonchev–Trinajstić information content (AvgIpc) is 3.18. The Morgan fingerprint density at radius 3 is 2.40 bits per heavy atom. The maximum absolute atomic E-state index is 12.6. The van der Waals surface area contributed by atoms with E-state index in [9.17, 15) is 9.18 Å². The fraction of sp³-hybridized carbons (Fsp3) is 0.611. The van der Waals surface area contributed by atoms with E-state index >= 15 is 0 Å². The second-order valence-electron chi connectivity index (χ2n) is 5.82. The molecule has 0 spiro atoms. The number of halogens is 1. The van der Waals surface area contributed by atoms with Crippen LogP contribution in [0.4, 0.5) is 10.1 Å². The summed E-state index contributed by atoms with van der Waals surface area (Å²) in [5.74, 6) is 0. The molecule has 0 radical (unpaired) electrons. The quantitative estimate of drug-likeness (QED) is 0.520. The molecule has 0 saturated carbocycles. The van der Waals surface area contributed by atoms with Gasteiger partial charge in [-0.25, -0.2) is 4.39 Å². The molecule has 6 nitrogen and oxygen atoms in total. The Morgan fingerprint density at radius 1 is 1.28 bits per heavy atom. The molecule has 1 heterocycles. The Balaban J connectivity index is 0.000000381. The highest BCUT2D eigenvalue weighted by molar-refractivity contribution is 5.48. The van der Waals surface area contributed by atoms with E-state index in [4.69, 9.17) is 10.5 Å². The summed E-state index contributed by atoms with van der Waals surface area (Å²) in [4.78, 5) is 11.9. The van der Waals surface area contributed by atoms with Gasteiger partial charge in [0.2, 0.25) is 6.41 Å². The Labute approximate surface area is 149 Å². The predicted octanol–water partition coefficient (Wildman–Crippen LogP) is 1.65. The summed E-state index contributed by atoms with van der Waals surface area (Å²) < 4.78 is 22.5. The molecule has 1 aliphatic heterocycles. The first kappa shape index (κ1) is 21.3. The number of nitrogens with two attached hydrogens (primary N) is 1. The first-order valence-electron chi connectivity index (χ1n) is 8.53. The van der Waals surface area contributed by atoms with Crippen LogP contribution in [-0.2, 0) is 14.3 Å². The minimum absolute atomic E-state index is 0.373. The summed E-state index contributed by atoms with van der Waals surface area (Å²) in [5, 5.41) is 2.44. The topological polar surface area (TPSA) is 76.8 Å². The predicted molar refractivity (Wildman–Crippen MR) is 97.5 cm³/mol. The van der Waals surface area contributed by atoms with Gasteiger partial charge in [0.05, 0.1) is 18.8 Å². The smallest absolute Gasteiger partial charge is 0.207 e. The molecule has 1 saturated heterocycles. The van der Waals surface area contributed by atoms with Crippen molar-refractivity contribution in [1.82, 2.24) is 5.32 Å². The van der Waals surface area contributed by atoms with Crippen molar-refractivity contribution in [2.75, 3.05) is 52.0 Å². The van der Waals surface area contributed by atoms with E-state index in [1.807, 2.05) is 12.1 Å². The molecule has 0 aromatic heterocycles. The van der Waals surface area contributed by atoms with Crippen LogP contribution in [0.3, 0.4) is 0 Å². The number of amides is 1. The number of methoxy groups -OCH3 is 2. The average molecular weight is 355 g/mol. The summed E-state index contributed by atoms with van der Waals surface area (Å²) in [5.41, 5.74) is 7.87. The number of nitrogens with zero attached hydrogens (tertiary/aromatic N) is 1. The number of rotatable bonds is 9. The minimum atomic E-state index is -0.604. The highest BCUT2D eigenvalue weighted by Crippen LogP contribution is 2.25.